The molecular formula is C41H86ClN. The SMILES string of the molecule is CCCCCCCCCCCCCCCCCC[N+](C)(CCCC)CCCCCCCCCCCCCCCCCC.[Cl-]. The monoisotopic (exact) mass is 628 g/mol. The molecular weight excluding hydrogens is 542 g/mol. The minimum Gasteiger partial charge on any atom is -1.00 e. The van der Waals surface area contributed by atoms with Crippen LogP contribution in [0.5, 0.6) is 0 Å². The third kappa shape index (κ3) is 36.6. The van der Waals surface area contributed by atoms with Crippen molar-refractivity contribution in [1.29, 1.82) is 0 Å². The topological polar surface area (TPSA) is 0 Å². The number of hydrogen-bond acceptors (Lipinski definition) is 0. The lowest BCUT2D eigenvalue weighted by Crippen LogP contribution is -3.00. The average Bonchev–Trinajstić information content (AvgIpc) is 2.99. The van der Waals surface area contributed by atoms with E-state index >= 15 is 0 Å². The molecule has 0 radical (unpaired) electrons. The fraction of sp³-hybridized carbons (Fsp3) is 1.00. The summed E-state index contributed by atoms with van der Waals surface area (Å²) in [7, 11) is 2.58. The van der Waals surface area contributed by atoms with Crippen molar-refractivity contribution in [2.24, 2.45) is 0 Å². The van der Waals surface area contributed by atoms with Crippen LogP contribution in [-0.4, -0.2) is 31.2 Å². The smallest absolute Gasteiger partial charge is 0.0784 e. The zero-order chi connectivity index (χ0) is 30.7. The van der Waals surface area contributed by atoms with Gasteiger partial charge < -0.3 is 16.9 Å². The lowest BCUT2D eigenvalue weighted by molar-refractivity contribution is -0.910. The molecule has 0 aromatic heterocycles. The van der Waals surface area contributed by atoms with Gasteiger partial charge in [-0.05, 0) is 32.1 Å². The van der Waals surface area contributed by atoms with Gasteiger partial charge in [-0.1, -0.05) is 207 Å². The van der Waals surface area contributed by atoms with E-state index in [-0.39, 0.29) is 12.4 Å². The maximum Gasteiger partial charge on any atom is 0.0784 e. The molecule has 0 amide bonds. The van der Waals surface area contributed by atoms with Crippen LogP contribution < -0.4 is 12.4 Å². The highest BCUT2D eigenvalue weighted by molar-refractivity contribution is 4.53. The van der Waals surface area contributed by atoms with Crippen molar-refractivity contribution >= 4 is 0 Å². The molecule has 0 aliphatic heterocycles. The van der Waals surface area contributed by atoms with Gasteiger partial charge in [0.2, 0.25) is 0 Å². The molecule has 1 nitrogen and oxygen atoms in total. The normalized spacial score (nSPS) is 11.7. The van der Waals surface area contributed by atoms with E-state index in [0.717, 1.165) is 0 Å². The van der Waals surface area contributed by atoms with Crippen LogP contribution in [0.15, 0.2) is 0 Å². The third-order valence-corrected chi connectivity index (χ3v) is 10.2. The molecule has 0 unspecified atom stereocenters. The van der Waals surface area contributed by atoms with Gasteiger partial charge in [-0.25, -0.2) is 0 Å². The van der Waals surface area contributed by atoms with E-state index in [1.807, 2.05) is 0 Å². The van der Waals surface area contributed by atoms with Gasteiger partial charge in [-0.2, -0.15) is 0 Å². The minimum absolute atomic E-state index is 0. The van der Waals surface area contributed by atoms with Crippen LogP contribution in [0.25, 0.3) is 0 Å². The van der Waals surface area contributed by atoms with E-state index in [4.69, 9.17) is 0 Å². The molecule has 262 valence electrons. The zero-order valence-electron chi connectivity index (χ0n) is 31.0. The summed E-state index contributed by atoms with van der Waals surface area (Å²) in [6, 6.07) is 0. The number of hydrogen-bond donors (Lipinski definition) is 0. The van der Waals surface area contributed by atoms with Gasteiger partial charge in [0.05, 0.1) is 26.7 Å². The molecule has 0 fully saturated rings. The first kappa shape index (κ1) is 45.4. The summed E-state index contributed by atoms with van der Waals surface area (Å²) < 4.78 is 1.35. The Labute approximate surface area is 281 Å². The summed E-state index contributed by atoms with van der Waals surface area (Å²) in [5.74, 6) is 0. The summed E-state index contributed by atoms with van der Waals surface area (Å²) in [4.78, 5) is 0. The van der Waals surface area contributed by atoms with Gasteiger partial charge >= 0.3 is 0 Å². The van der Waals surface area contributed by atoms with Crippen molar-refractivity contribution in [3.05, 3.63) is 0 Å². The maximum absolute atomic E-state index is 2.58. The number of quaternary nitrogens is 1. The van der Waals surface area contributed by atoms with Crippen molar-refractivity contribution in [2.75, 3.05) is 26.7 Å². The molecule has 0 atom stereocenters. The fourth-order valence-corrected chi connectivity index (χ4v) is 6.96. The van der Waals surface area contributed by atoms with E-state index in [1.165, 1.54) is 242 Å². The highest BCUT2D eigenvalue weighted by Crippen LogP contribution is 2.18. The molecule has 0 saturated heterocycles. The Hall–Kier alpha value is 0.250. The molecule has 0 aromatic carbocycles. The van der Waals surface area contributed by atoms with Gasteiger partial charge in [0.15, 0.2) is 0 Å². The van der Waals surface area contributed by atoms with Crippen LogP contribution in [0.3, 0.4) is 0 Å². The van der Waals surface area contributed by atoms with Crippen LogP contribution in [0.2, 0.25) is 0 Å². The molecule has 0 heterocycles. The van der Waals surface area contributed by atoms with Crippen LogP contribution in [0.1, 0.15) is 239 Å². The standard InChI is InChI=1S/C41H86N.ClH/c1-5-8-11-13-15-17-19-21-23-25-27-29-31-33-35-37-40-42(4,39-10-7-3)41-38-36-34-32-30-28-26-24-22-20-18-16-14-12-9-6-2;/h5-41H2,1-4H3;1H/q+1;/p-1. The summed E-state index contributed by atoms with van der Waals surface area (Å²) >= 11 is 0. The zero-order valence-corrected chi connectivity index (χ0v) is 31.7. The quantitative estimate of drug-likeness (QED) is 0.0474. The van der Waals surface area contributed by atoms with Crippen molar-refractivity contribution in [3.8, 4) is 0 Å². The Morgan fingerprint density at radius 3 is 0.605 bits per heavy atom. The number of nitrogens with zero attached hydrogens (tertiary/aromatic N) is 1. The van der Waals surface area contributed by atoms with Crippen LogP contribution >= 0.6 is 0 Å². The maximum atomic E-state index is 2.58. The Kier molecular flexibility index (Phi) is 40.6. The van der Waals surface area contributed by atoms with Gasteiger partial charge in [0.25, 0.3) is 0 Å². The van der Waals surface area contributed by atoms with Crippen LogP contribution in [-0.2, 0) is 0 Å². The van der Waals surface area contributed by atoms with E-state index in [9.17, 15) is 0 Å². The second-order valence-electron chi connectivity index (χ2n) is 14.8. The highest BCUT2D eigenvalue weighted by atomic mass is 35.5. The van der Waals surface area contributed by atoms with E-state index in [0.29, 0.717) is 0 Å². The molecule has 0 aromatic rings. The molecule has 2 heteroatoms. The molecule has 0 aliphatic carbocycles. The largest absolute Gasteiger partial charge is 1.00 e. The summed E-state index contributed by atoms with van der Waals surface area (Å²) in [6.45, 7) is 11.3. The van der Waals surface area contributed by atoms with Crippen LogP contribution in [0, 0.1) is 0 Å². The Morgan fingerprint density at radius 2 is 0.395 bits per heavy atom. The number of rotatable bonds is 37. The van der Waals surface area contributed by atoms with Crippen molar-refractivity contribution in [1.82, 2.24) is 0 Å². The van der Waals surface area contributed by atoms with Crippen molar-refractivity contribution in [3.63, 3.8) is 0 Å². The molecule has 0 saturated carbocycles. The lowest BCUT2D eigenvalue weighted by Gasteiger charge is -2.35. The fourth-order valence-electron chi connectivity index (χ4n) is 6.96. The van der Waals surface area contributed by atoms with E-state index in [1.54, 1.807) is 0 Å². The Balaban J connectivity index is 0. The van der Waals surface area contributed by atoms with E-state index < -0.39 is 0 Å². The summed E-state index contributed by atoms with van der Waals surface area (Å²) in [5.41, 5.74) is 0. The number of halogens is 1. The first-order valence-electron chi connectivity index (χ1n) is 20.5. The Bertz CT molecular complexity index is 442. The first-order chi connectivity index (χ1) is 20.7. The highest BCUT2D eigenvalue weighted by Gasteiger charge is 2.19. The molecule has 0 bridgehead atoms. The first-order valence-corrected chi connectivity index (χ1v) is 20.5. The minimum atomic E-state index is 0. The van der Waals surface area contributed by atoms with Gasteiger partial charge in [-0.15, -0.1) is 0 Å². The van der Waals surface area contributed by atoms with Crippen molar-refractivity contribution in [2.45, 2.75) is 239 Å². The summed E-state index contributed by atoms with van der Waals surface area (Å²) in [6.07, 6.45) is 49.8. The lowest BCUT2D eigenvalue weighted by atomic mass is 10.0. The summed E-state index contributed by atoms with van der Waals surface area (Å²) in [5, 5.41) is 0. The van der Waals surface area contributed by atoms with Crippen molar-refractivity contribution < 1.29 is 16.9 Å². The van der Waals surface area contributed by atoms with Gasteiger partial charge in [-0.3, -0.25) is 0 Å². The molecule has 0 N–H and O–H groups in total. The molecule has 0 rings (SSSR count). The molecule has 0 aliphatic rings. The van der Waals surface area contributed by atoms with Gasteiger partial charge in [0, 0.05) is 0 Å². The van der Waals surface area contributed by atoms with E-state index in [2.05, 4.69) is 27.8 Å². The number of unbranched alkanes of at least 4 members (excludes halogenated alkanes) is 31. The Morgan fingerprint density at radius 1 is 0.233 bits per heavy atom. The third-order valence-electron chi connectivity index (χ3n) is 10.2. The predicted octanol–water partition coefficient (Wildman–Crippen LogP) is 11.8. The van der Waals surface area contributed by atoms with Crippen LogP contribution in [0.4, 0.5) is 0 Å². The average molecular weight is 629 g/mol. The van der Waals surface area contributed by atoms with Gasteiger partial charge in [0.1, 0.15) is 0 Å². The second-order valence-corrected chi connectivity index (χ2v) is 14.8. The molecule has 0 spiro atoms. The second kappa shape index (κ2) is 38.4. The predicted molar refractivity (Wildman–Crippen MR) is 195 cm³/mol. The molecule has 43 heavy (non-hydrogen) atoms.